The Balaban J connectivity index is 1.52. The average Bonchev–Trinajstić information content (AvgIpc) is 3.41. The number of carbonyl (C=O) groups excluding carboxylic acids is 6. The summed E-state index contributed by atoms with van der Waals surface area (Å²) in [5.41, 5.74) is 5.58. The number of unbranched alkanes of at least 4 members (excludes halogenated alkanes) is 1. The Bertz CT molecular complexity index is 1530. The SMILES string of the molecule is CCCC[C@H]1C(=O)N[C@@H](C2CCCCCC2)C(=O)N[C@@H](CN)C(=O)N[C@@H](COCCCNCCCNC(=O)OC(C)(C)C)C(=O)N[C@H](C)CO[C@H](C[C@@H]2C[C@@H]3CC[C@@H](C3)C2)[C@@H](C)C(=O)N1C. The lowest BCUT2D eigenvalue weighted by molar-refractivity contribution is -0.147. The Hall–Kier alpha value is -3.54. The quantitative estimate of drug-likeness (QED) is 0.0813. The van der Waals surface area contributed by atoms with Gasteiger partial charge < -0.3 is 56.7 Å². The summed E-state index contributed by atoms with van der Waals surface area (Å²) in [7, 11) is 1.69. The van der Waals surface area contributed by atoms with Gasteiger partial charge in [-0.1, -0.05) is 65.2 Å². The number of fused-ring (bicyclic) bond motifs is 2. The zero-order valence-corrected chi connectivity index (χ0v) is 41.5. The van der Waals surface area contributed by atoms with Crippen LogP contribution in [0.2, 0.25) is 0 Å². The van der Waals surface area contributed by atoms with E-state index in [0.717, 1.165) is 57.8 Å². The topological polar surface area (TPSA) is 232 Å². The number of nitrogens with one attached hydrogen (secondary N) is 6. The van der Waals surface area contributed by atoms with Crippen molar-refractivity contribution in [2.45, 2.75) is 193 Å². The molecule has 10 atom stereocenters. The number of alkyl carbamates (subject to hydrolysis) is 1. The standard InChI is InChI=1S/C49H88N8O9/c1-8-9-18-40-45(60)56-42(37-16-12-10-11-13-17-37)46(61)54-38(29-50)43(58)55-39(31-64-24-15-22-51-21-14-23-52-48(63)66-49(4,5)6)44(59)53-32(2)30-65-41(33(3)47(62)57(40)7)28-36-26-34-19-20-35(25-34)27-36/h32-42,51H,8-31,50H2,1-7H3,(H,52,63)(H,53,59)(H,54,61)(H,55,58)(H,56,60)/t32-,33-,34-,35+,36-,38+,39+,40+,41-,42+/m1/s1. The molecule has 17 heteroatoms. The molecule has 1 heterocycles. The van der Waals surface area contributed by atoms with Crippen molar-refractivity contribution in [3.8, 4) is 0 Å². The summed E-state index contributed by atoms with van der Waals surface area (Å²) in [5.74, 6) is -1.18. The summed E-state index contributed by atoms with van der Waals surface area (Å²) in [4.78, 5) is 84.9. The van der Waals surface area contributed by atoms with E-state index in [1.54, 1.807) is 11.9 Å². The van der Waals surface area contributed by atoms with Gasteiger partial charge in [0.1, 0.15) is 29.8 Å². The highest BCUT2D eigenvalue weighted by Crippen LogP contribution is 2.46. The summed E-state index contributed by atoms with van der Waals surface area (Å²) < 4.78 is 17.9. The number of ether oxygens (including phenoxy) is 3. The van der Waals surface area contributed by atoms with Crippen LogP contribution in [-0.4, -0.2) is 135 Å². The Morgan fingerprint density at radius 3 is 2.11 bits per heavy atom. The normalized spacial score (nSPS) is 30.5. The second-order valence-corrected chi connectivity index (χ2v) is 20.9. The van der Waals surface area contributed by atoms with Gasteiger partial charge in [0.05, 0.1) is 25.2 Å². The van der Waals surface area contributed by atoms with E-state index in [9.17, 15) is 28.8 Å². The summed E-state index contributed by atoms with van der Waals surface area (Å²) in [6, 6.07) is -4.59. The molecule has 0 radical (unpaired) electrons. The Kier molecular flexibility index (Phi) is 23.4. The van der Waals surface area contributed by atoms with E-state index in [4.69, 9.17) is 19.9 Å². The van der Waals surface area contributed by atoms with E-state index in [0.29, 0.717) is 76.1 Å². The molecule has 4 rings (SSSR count). The van der Waals surface area contributed by atoms with Crippen molar-refractivity contribution in [3.63, 3.8) is 0 Å². The molecule has 1 aliphatic heterocycles. The highest BCUT2D eigenvalue weighted by atomic mass is 16.6. The van der Waals surface area contributed by atoms with Crippen molar-refractivity contribution in [1.29, 1.82) is 0 Å². The average molecular weight is 933 g/mol. The lowest BCUT2D eigenvalue weighted by Crippen LogP contribution is -2.62. The zero-order chi connectivity index (χ0) is 48.2. The third kappa shape index (κ3) is 18.5. The van der Waals surface area contributed by atoms with Crippen molar-refractivity contribution >= 4 is 35.6 Å². The van der Waals surface area contributed by atoms with Gasteiger partial charge >= 0.3 is 6.09 Å². The number of rotatable bonds is 17. The van der Waals surface area contributed by atoms with Crippen molar-refractivity contribution in [2.24, 2.45) is 35.3 Å². The number of likely N-dealkylation sites (N-methyl/N-ethyl adjacent to an activating group) is 1. The van der Waals surface area contributed by atoms with Crippen molar-refractivity contribution in [1.82, 2.24) is 36.8 Å². The Morgan fingerprint density at radius 1 is 0.803 bits per heavy atom. The smallest absolute Gasteiger partial charge is 0.407 e. The van der Waals surface area contributed by atoms with Crippen molar-refractivity contribution in [3.05, 3.63) is 0 Å². The maximum absolute atomic E-state index is 14.6. The summed E-state index contributed by atoms with van der Waals surface area (Å²) >= 11 is 0. The molecule has 0 aromatic carbocycles. The molecular formula is C49H88N8O9. The highest BCUT2D eigenvalue weighted by molar-refractivity contribution is 5.96. The summed E-state index contributed by atoms with van der Waals surface area (Å²) in [6.45, 7) is 13.0. The second-order valence-electron chi connectivity index (χ2n) is 20.9. The number of hydrogen-bond acceptors (Lipinski definition) is 11. The van der Waals surface area contributed by atoms with Gasteiger partial charge in [-0.2, -0.15) is 0 Å². The first-order valence-electron chi connectivity index (χ1n) is 25.5. The van der Waals surface area contributed by atoms with Gasteiger partial charge in [-0.15, -0.1) is 0 Å². The maximum Gasteiger partial charge on any atom is 0.407 e. The van der Waals surface area contributed by atoms with E-state index in [1.807, 2.05) is 41.5 Å². The molecule has 0 aromatic rings. The molecular weight excluding hydrogens is 845 g/mol. The molecule has 6 amide bonds. The molecule has 0 aromatic heterocycles. The van der Waals surface area contributed by atoms with Crippen LogP contribution in [0.15, 0.2) is 0 Å². The van der Waals surface area contributed by atoms with Crippen molar-refractivity contribution in [2.75, 3.05) is 53.0 Å². The fourth-order valence-corrected chi connectivity index (χ4v) is 10.4. The van der Waals surface area contributed by atoms with Crippen LogP contribution in [0.1, 0.15) is 151 Å². The Morgan fingerprint density at radius 2 is 1.45 bits per heavy atom. The van der Waals surface area contributed by atoms with Crippen LogP contribution in [0, 0.1) is 29.6 Å². The molecule has 378 valence electrons. The van der Waals surface area contributed by atoms with Crippen LogP contribution >= 0.6 is 0 Å². The highest BCUT2D eigenvalue weighted by Gasteiger charge is 2.41. The van der Waals surface area contributed by atoms with Gasteiger partial charge in [0, 0.05) is 32.8 Å². The van der Waals surface area contributed by atoms with E-state index >= 15 is 0 Å². The number of nitrogens with two attached hydrogens (primary N) is 1. The molecule has 4 fully saturated rings. The molecule has 0 unspecified atom stereocenters. The lowest BCUT2D eigenvalue weighted by atomic mass is 9.77. The van der Waals surface area contributed by atoms with Crippen LogP contribution in [-0.2, 0) is 38.2 Å². The van der Waals surface area contributed by atoms with Crippen LogP contribution in [0.5, 0.6) is 0 Å². The minimum Gasteiger partial charge on any atom is -0.444 e. The number of nitrogens with zero attached hydrogens (tertiary/aromatic N) is 1. The molecule has 66 heavy (non-hydrogen) atoms. The van der Waals surface area contributed by atoms with Crippen molar-refractivity contribution < 1.29 is 43.0 Å². The third-order valence-corrected chi connectivity index (χ3v) is 14.0. The summed E-state index contributed by atoms with van der Waals surface area (Å²) in [5, 5.41) is 17.8. The molecule has 2 bridgehead atoms. The van der Waals surface area contributed by atoms with Crippen LogP contribution in [0.25, 0.3) is 0 Å². The molecule has 8 N–H and O–H groups in total. The van der Waals surface area contributed by atoms with E-state index < -0.39 is 77.6 Å². The molecule has 3 saturated carbocycles. The van der Waals surface area contributed by atoms with Gasteiger partial charge in [-0.3, -0.25) is 24.0 Å². The first kappa shape index (κ1) is 55.1. The minimum absolute atomic E-state index is 0.127. The number of hydrogen-bond donors (Lipinski definition) is 7. The summed E-state index contributed by atoms with van der Waals surface area (Å²) in [6.07, 6.45) is 14.4. The minimum atomic E-state index is -1.20. The first-order chi connectivity index (χ1) is 31.5. The van der Waals surface area contributed by atoms with Gasteiger partial charge in [-0.25, -0.2) is 4.79 Å². The van der Waals surface area contributed by atoms with Crippen LogP contribution in [0.4, 0.5) is 4.79 Å². The third-order valence-electron chi connectivity index (χ3n) is 14.0. The predicted molar refractivity (Wildman–Crippen MR) is 254 cm³/mol. The molecule has 0 spiro atoms. The Labute approximate surface area is 395 Å². The predicted octanol–water partition coefficient (Wildman–Crippen LogP) is 4.05. The van der Waals surface area contributed by atoms with E-state index in [1.165, 1.54) is 19.3 Å². The monoisotopic (exact) mass is 933 g/mol. The first-order valence-corrected chi connectivity index (χ1v) is 25.5. The zero-order valence-electron chi connectivity index (χ0n) is 41.5. The van der Waals surface area contributed by atoms with Gasteiger partial charge in [0.15, 0.2) is 0 Å². The van der Waals surface area contributed by atoms with E-state index in [2.05, 4.69) is 31.9 Å². The molecule has 17 nitrogen and oxygen atoms in total. The van der Waals surface area contributed by atoms with Crippen LogP contribution in [0.3, 0.4) is 0 Å². The fraction of sp³-hybridized carbons (Fsp3) is 0.878. The molecule has 3 aliphatic carbocycles. The molecule has 1 saturated heterocycles. The molecule has 4 aliphatic rings. The van der Waals surface area contributed by atoms with E-state index in [-0.39, 0.29) is 31.6 Å². The van der Waals surface area contributed by atoms with Crippen LogP contribution < -0.4 is 37.6 Å². The lowest BCUT2D eigenvalue weighted by Gasteiger charge is -2.36. The second kappa shape index (κ2) is 28.1. The van der Waals surface area contributed by atoms with Gasteiger partial charge in [-0.05, 0) is 122 Å². The number of carbonyl (C=O) groups is 6. The van der Waals surface area contributed by atoms with Gasteiger partial charge in [0.2, 0.25) is 29.5 Å². The number of amides is 6. The fourth-order valence-electron chi connectivity index (χ4n) is 10.4. The van der Waals surface area contributed by atoms with Gasteiger partial charge in [0.25, 0.3) is 0 Å². The largest absolute Gasteiger partial charge is 0.444 e. The maximum atomic E-state index is 14.6.